The van der Waals surface area contributed by atoms with E-state index in [1.807, 2.05) is 0 Å². The highest BCUT2D eigenvalue weighted by molar-refractivity contribution is 4.80. The quantitative estimate of drug-likeness (QED) is 0.295. The summed E-state index contributed by atoms with van der Waals surface area (Å²) in [6, 6.07) is 0.358. The van der Waals surface area contributed by atoms with Crippen LogP contribution in [0.2, 0.25) is 0 Å². The number of hydrogen-bond donors (Lipinski definition) is 2. The van der Waals surface area contributed by atoms with E-state index < -0.39 is 0 Å². The Labute approximate surface area is 153 Å². The predicted molar refractivity (Wildman–Crippen MR) is 110 cm³/mol. The van der Waals surface area contributed by atoms with Crippen molar-refractivity contribution in [2.24, 2.45) is 17.4 Å². The van der Waals surface area contributed by atoms with Gasteiger partial charge in [-0.05, 0) is 38.5 Å². The zero-order valence-electron chi connectivity index (χ0n) is 17.4. The lowest BCUT2D eigenvalue weighted by Crippen LogP contribution is -2.37. The molecule has 24 heavy (non-hydrogen) atoms. The average Bonchev–Trinajstić information content (AvgIpc) is 2.54. The molecule has 0 aromatic carbocycles. The molecular weight excluding hydrogens is 292 g/mol. The fraction of sp³-hybridized carbons (Fsp3) is 1.00. The van der Waals surface area contributed by atoms with Gasteiger partial charge < -0.3 is 11.5 Å². The van der Waals surface area contributed by atoms with Gasteiger partial charge in [-0.3, -0.25) is 0 Å². The van der Waals surface area contributed by atoms with Gasteiger partial charge in [0.1, 0.15) is 0 Å². The fourth-order valence-corrected chi connectivity index (χ4v) is 3.57. The van der Waals surface area contributed by atoms with Crippen LogP contribution in [0.1, 0.15) is 124 Å². The van der Waals surface area contributed by atoms with E-state index in [4.69, 9.17) is 11.5 Å². The van der Waals surface area contributed by atoms with Gasteiger partial charge in [0.25, 0.3) is 0 Å². The van der Waals surface area contributed by atoms with E-state index in [9.17, 15) is 0 Å². The van der Waals surface area contributed by atoms with Crippen molar-refractivity contribution >= 4 is 0 Å². The van der Waals surface area contributed by atoms with Crippen molar-refractivity contribution in [3.63, 3.8) is 0 Å². The molecule has 0 bridgehead atoms. The second kappa shape index (κ2) is 15.2. The Balaban J connectivity index is 3.69. The maximum atomic E-state index is 6.46. The number of unbranched alkanes of at least 4 members (excludes halogenated alkanes) is 8. The summed E-state index contributed by atoms with van der Waals surface area (Å²) >= 11 is 0. The largest absolute Gasteiger partial charge is 0.327 e. The lowest BCUT2D eigenvalue weighted by molar-refractivity contribution is 0.334. The van der Waals surface area contributed by atoms with Crippen LogP contribution in [0.25, 0.3) is 0 Å². The van der Waals surface area contributed by atoms with Gasteiger partial charge >= 0.3 is 0 Å². The van der Waals surface area contributed by atoms with Crippen LogP contribution in [-0.4, -0.2) is 11.6 Å². The van der Waals surface area contributed by atoms with E-state index in [-0.39, 0.29) is 5.54 Å². The van der Waals surface area contributed by atoms with E-state index >= 15 is 0 Å². The molecule has 0 rings (SSSR count). The minimum absolute atomic E-state index is 0.00990. The van der Waals surface area contributed by atoms with Crippen molar-refractivity contribution < 1.29 is 0 Å². The molecular formula is C22H48N2. The highest BCUT2D eigenvalue weighted by atomic mass is 14.7. The van der Waals surface area contributed by atoms with Crippen LogP contribution in [0.15, 0.2) is 0 Å². The second-order valence-electron chi connectivity index (χ2n) is 8.55. The van der Waals surface area contributed by atoms with Gasteiger partial charge in [-0.15, -0.1) is 0 Å². The summed E-state index contributed by atoms with van der Waals surface area (Å²) in [5, 5.41) is 0. The van der Waals surface area contributed by atoms with Gasteiger partial charge in [0.15, 0.2) is 0 Å². The molecule has 0 saturated carbocycles. The predicted octanol–water partition coefficient (Wildman–Crippen LogP) is 6.56. The lowest BCUT2D eigenvalue weighted by atomic mass is 9.86. The van der Waals surface area contributed by atoms with Crippen molar-refractivity contribution in [2.75, 3.05) is 0 Å². The summed E-state index contributed by atoms with van der Waals surface area (Å²) < 4.78 is 0. The summed E-state index contributed by atoms with van der Waals surface area (Å²) in [6.45, 7) is 9.10. The van der Waals surface area contributed by atoms with Crippen molar-refractivity contribution in [3.05, 3.63) is 0 Å². The van der Waals surface area contributed by atoms with Crippen molar-refractivity contribution in [1.82, 2.24) is 0 Å². The zero-order chi connectivity index (χ0) is 18.3. The molecule has 0 aliphatic carbocycles. The van der Waals surface area contributed by atoms with Gasteiger partial charge in [-0.1, -0.05) is 91.4 Å². The number of nitrogens with two attached hydrogens (primary N) is 2. The molecule has 146 valence electrons. The van der Waals surface area contributed by atoms with Crippen molar-refractivity contribution in [1.29, 1.82) is 0 Å². The maximum Gasteiger partial charge on any atom is 0.0125 e. The van der Waals surface area contributed by atoms with Crippen LogP contribution in [-0.2, 0) is 0 Å². The van der Waals surface area contributed by atoms with Gasteiger partial charge in [0.05, 0.1) is 0 Å². The molecule has 0 spiro atoms. The van der Waals surface area contributed by atoms with Crippen LogP contribution in [0.5, 0.6) is 0 Å². The molecule has 0 saturated heterocycles. The Morgan fingerprint density at radius 2 is 1.21 bits per heavy atom. The van der Waals surface area contributed by atoms with E-state index in [0.717, 1.165) is 19.3 Å². The summed E-state index contributed by atoms with van der Waals surface area (Å²) in [5.74, 6) is 0.657. The molecule has 0 heterocycles. The van der Waals surface area contributed by atoms with Gasteiger partial charge in [0, 0.05) is 11.6 Å². The Morgan fingerprint density at radius 3 is 1.83 bits per heavy atom. The van der Waals surface area contributed by atoms with E-state index in [2.05, 4.69) is 27.7 Å². The SMILES string of the molecule is CCCCCCCCC(C)C(N)CCCC(C)(N)CCCCCC. The molecule has 2 nitrogen and oxygen atoms in total. The van der Waals surface area contributed by atoms with Crippen molar-refractivity contribution in [3.8, 4) is 0 Å². The minimum atomic E-state index is 0.00990. The van der Waals surface area contributed by atoms with E-state index in [1.165, 1.54) is 77.0 Å². The van der Waals surface area contributed by atoms with Gasteiger partial charge in [0.2, 0.25) is 0 Å². The van der Waals surface area contributed by atoms with Crippen molar-refractivity contribution in [2.45, 2.75) is 136 Å². The number of rotatable bonds is 17. The molecule has 0 aliphatic heterocycles. The highest BCUT2D eigenvalue weighted by Crippen LogP contribution is 2.22. The summed E-state index contributed by atoms with van der Waals surface area (Å²) in [6.07, 6.45) is 19.4. The first-order valence-electron chi connectivity index (χ1n) is 11.0. The lowest BCUT2D eigenvalue weighted by Gasteiger charge is -2.26. The van der Waals surface area contributed by atoms with Gasteiger partial charge in [-0.2, -0.15) is 0 Å². The second-order valence-corrected chi connectivity index (χ2v) is 8.55. The summed E-state index contributed by atoms with van der Waals surface area (Å²) in [4.78, 5) is 0. The number of hydrogen-bond acceptors (Lipinski definition) is 2. The Bertz CT molecular complexity index is 263. The van der Waals surface area contributed by atoms with Crippen LogP contribution in [0.3, 0.4) is 0 Å². The molecule has 0 amide bonds. The summed E-state index contributed by atoms with van der Waals surface area (Å²) in [5.41, 5.74) is 12.9. The topological polar surface area (TPSA) is 52.0 Å². The Morgan fingerprint density at radius 1 is 0.708 bits per heavy atom. The molecule has 0 fully saturated rings. The third-order valence-corrected chi connectivity index (χ3v) is 5.63. The Kier molecular flexibility index (Phi) is 15.1. The fourth-order valence-electron chi connectivity index (χ4n) is 3.57. The highest BCUT2D eigenvalue weighted by Gasteiger charge is 2.19. The monoisotopic (exact) mass is 340 g/mol. The zero-order valence-corrected chi connectivity index (χ0v) is 17.4. The molecule has 3 atom stereocenters. The van der Waals surface area contributed by atoms with Crippen LogP contribution in [0, 0.1) is 5.92 Å². The molecule has 0 aromatic heterocycles. The molecule has 0 aliphatic rings. The average molecular weight is 341 g/mol. The summed E-state index contributed by atoms with van der Waals surface area (Å²) in [7, 11) is 0. The van der Waals surface area contributed by atoms with Crippen LogP contribution >= 0.6 is 0 Å². The van der Waals surface area contributed by atoms with Crippen LogP contribution in [0.4, 0.5) is 0 Å². The first-order chi connectivity index (χ1) is 11.4. The normalized spacial score (nSPS) is 16.8. The Hall–Kier alpha value is -0.0800. The first-order valence-corrected chi connectivity index (χ1v) is 11.0. The third-order valence-electron chi connectivity index (χ3n) is 5.63. The molecule has 4 N–H and O–H groups in total. The minimum Gasteiger partial charge on any atom is -0.327 e. The first kappa shape index (κ1) is 23.9. The van der Waals surface area contributed by atoms with E-state index in [1.54, 1.807) is 0 Å². The van der Waals surface area contributed by atoms with Gasteiger partial charge in [-0.25, -0.2) is 0 Å². The molecule has 0 radical (unpaired) electrons. The molecule has 3 unspecified atom stereocenters. The molecule has 0 aromatic rings. The third kappa shape index (κ3) is 14.3. The maximum absolute atomic E-state index is 6.46. The van der Waals surface area contributed by atoms with E-state index in [0.29, 0.717) is 12.0 Å². The molecule has 2 heteroatoms. The smallest absolute Gasteiger partial charge is 0.0125 e. The standard InChI is InChI=1S/C22H48N2/c1-5-7-9-11-12-13-16-20(3)21(23)17-15-19-22(4,24)18-14-10-8-6-2/h20-21H,5-19,23-24H2,1-4H3. The van der Waals surface area contributed by atoms with Crippen LogP contribution < -0.4 is 11.5 Å².